The molecule has 2 aliphatic rings. The SMILES string of the molecule is C[C@@H]1[C@@H]2C(=O)O[C@H]1C[C@H](c1ccccc1)[C@H]2NC(=O)OCc1ccccc1. The van der Waals surface area contributed by atoms with Crippen molar-refractivity contribution in [3.8, 4) is 0 Å². The van der Waals surface area contributed by atoms with Crippen LogP contribution in [0.25, 0.3) is 0 Å². The fourth-order valence-corrected chi connectivity index (χ4v) is 4.30. The minimum atomic E-state index is -0.505. The molecule has 1 heterocycles. The van der Waals surface area contributed by atoms with E-state index in [-0.39, 0.29) is 42.5 Å². The Kier molecular flexibility index (Phi) is 4.84. The molecule has 1 amide bonds. The number of amides is 1. The summed E-state index contributed by atoms with van der Waals surface area (Å²) in [5.41, 5.74) is 2.02. The number of carbonyl (C=O) groups is 2. The summed E-state index contributed by atoms with van der Waals surface area (Å²) in [6, 6.07) is 19.2. The Morgan fingerprint density at radius 3 is 2.48 bits per heavy atom. The molecule has 0 radical (unpaired) electrons. The Morgan fingerprint density at radius 2 is 1.78 bits per heavy atom. The lowest BCUT2D eigenvalue weighted by atomic mass is 9.69. The van der Waals surface area contributed by atoms with Crippen molar-refractivity contribution in [3.63, 3.8) is 0 Å². The standard InChI is InChI=1S/C22H23NO4/c1-14-18-12-17(16-10-6-3-7-11-16)20(19(14)21(24)27-18)23-22(25)26-13-15-8-4-2-5-9-15/h2-11,14,17-20H,12-13H2,1H3,(H,23,25)/t14-,17+,18-,19-,20+/m0/s1. The van der Waals surface area contributed by atoms with Gasteiger partial charge >= 0.3 is 12.1 Å². The number of ether oxygens (including phenoxy) is 2. The van der Waals surface area contributed by atoms with Crippen LogP contribution in [0, 0.1) is 11.8 Å². The van der Waals surface area contributed by atoms with Crippen LogP contribution in [0.4, 0.5) is 4.79 Å². The highest BCUT2D eigenvalue weighted by Crippen LogP contribution is 2.46. The first-order chi connectivity index (χ1) is 13.1. The topological polar surface area (TPSA) is 64.6 Å². The summed E-state index contributed by atoms with van der Waals surface area (Å²) in [7, 11) is 0. The van der Waals surface area contributed by atoms with Crippen molar-refractivity contribution in [2.24, 2.45) is 11.8 Å². The molecule has 1 aliphatic carbocycles. The van der Waals surface area contributed by atoms with Crippen molar-refractivity contribution in [3.05, 3.63) is 71.8 Å². The van der Waals surface area contributed by atoms with E-state index in [1.54, 1.807) is 0 Å². The quantitative estimate of drug-likeness (QED) is 0.840. The van der Waals surface area contributed by atoms with E-state index in [0.717, 1.165) is 11.1 Å². The summed E-state index contributed by atoms with van der Waals surface area (Å²) >= 11 is 0. The number of rotatable bonds is 4. The molecule has 27 heavy (non-hydrogen) atoms. The second-order valence-corrected chi connectivity index (χ2v) is 7.34. The summed E-state index contributed by atoms with van der Waals surface area (Å²) in [4.78, 5) is 24.9. The Hall–Kier alpha value is -2.82. The first-order valence-corrected chi connectivity index (χ1v) is 9.36. The normalized spacial score (nSPS) is 29.1. The minimum Gasteiger partial charge on any atom is -0.462 e. The number of hydrogen-bond acceptors (Lipinski definition) is 4. The van der Waals surface area contributed by atoms with Gasteiger partial charge in [0.25, 0.3) is 0 Å². The average Bonchev–Trinajstić information content (AvgIpc) is 2.88. The van der Waals surface area contributed by atoms with Gasteiger partial charge in [-0.1, -0.05) is 67.6 Å². The van der Waals surface area contributed by atoms with Gasteiger partial charge < -0.3 is 14.8 Å². The van der Waals surface area contributed by atoms with Crippen molar-refractivity contribution in [1.29, 1.82) is 0 Å². The third-order valence-corrected chi connectivity index (χ3v) is 5.72. The van der Waals surface area contributed by atoms with E-state index in [2.05, 4.69) is 5.32 Å². The van der Waals surface area contributed by atoms with Gasteiger partial charge in [0, 0.05) is 11.8 Å². The highest BCUT2D eigenvalue weighted by atomic mass is 16.6. The third kappa shape index (κ3) is 3.54. The van der Waals surface area contributed by atoms with E-state index in [4.69, 9.17) is 9.47 Å². The molecular formula is C22H23NO4. The molecule has 2 aromatic rings. The average molecular weight is 365 g/mol. The van der Waals surface area contributed by atoms with E-state index in [9.17, 15) is 9.59 Å². The van der Waals surface area contributed by atoms with Gasteiger partial charge in [0.05, 0.1) is 12.0 Å². The molecular weight excluding hydrogens is 342 g/mol. The van der Waals surface area contributed by atoms with E-state index in [1.165, 1.54) is 0 Å². The molecule has 140 valence electrons. The van der Waals surface area contributed by atoms with Crippen LogP contribution in [-0.4, -0.2) is 24.2 Å². The summed E-state index contributed by atoms with van der Waals surface area (Å²) in [6.07, 6.45) is 0.109. The predicted octanol–water partition coefficient (Wildman–Crippen LogP) is 3.65. The number of benzene rings is 2. The number of nitrogens with one attached hydrogen (secondary N) is 1. The molecule has 2 fully saturated rings. The second kappa shape index (κ2) is 7.43. The van der Waals surface area contributed by atoms with Gasteiger partial charge in [-0.3, -0.25) is 4.79 Å². The van der Waals surface area contributed by atoms with Gasteiger partial charge in [-0.05, 0) is 17.5 Å². The molecule has 5 nitrogen and oxygen atoms in total. The van der Waals surface area contributed by atoms with Crippen LogP contribution in [-0.2, 0) is 20.9 Å². The first kappa shape index (κ1) is 17.6. The molecule has 1 saturated heterocycles. The van der Waals surface area contributed by atoms with Crippen LogP contribution in [0.15, 0.2) is 60.7 Å². The Balaban J connectivity index is 1.51. The summed E-state index contributed by atoms with van der Waals surface area (Å²) in [5.74, 6) is -0.470. The van der Waals surface area contributed by atoms with E-state index < -0.39 is 6.09 Å². The summed E-state index contributed by atoms with van der Waals surface area (Å²) < 4.78 is 10.9. The monoisotopic (exact) mass is 365 g/mol. The molecule has 2 bridgehead atoms. The fraction of sp³-hybridized carbons (Fsp3) is 0.364. The van der Waals surface area contributed by atoms with Crippen LogP contribution >= 0.6 is 0 Å². The van der Waals surface area contributed by atoms with Crippen LogP contribution in [0.1, 0.15) is 30.4 Å². The van der Waals surface area contributed by atoms with Gasteiger partial charge in [0.1, 0.15) is 12.7 Å². The smallest absolute Gasteiger partial charge is 0.407 e. The van der Waals surface area contributed by atoms with Crippen LogP contribution in [0.5, 0.6) is 0 Å². The zero-order chi connectivity index (χ0) is 18.8. The van der Waals surface area contributed by atoms with Crippen LogP contribution < -0.4 is 5.32 Å². The Morgan fingerprint density at radius 1 is 1.11 bits per heavy atom. The number of hydrogen-bond donors (Lipinski definition) is 1. The largest absolute Gasteiger partial charge is 0.462 e. The molecule has 1 N–H and O–H groups in total. The maximum Gasteiger partial charge on any atom is 0.407 e. The van der Waals surface area contributed by atoms with Crippen LogP contribution in [0.2, 0.25) is 0 Å². The number of carbonyl (C=O) groups excluding carboxylic acids is 2. The molecule has 5 atom stereocenters. The Bertz CT molecular complexity index is 808. The van der Waals surface area contributed by atoms with Gasteiger partial charge in [-0.25, -0.2) is 4.79 Å². The highest BCUT2D eigenvalue weighted by molar-refractivity contribution is 5.78. The van der Waals surface area contributed by atoms with Crippen LogP contribution in [0.3, 0.4) is 0 Å². The van der Waals surface area contributed by atoms with Crippen molar-refractivity contribution in [2.45, 2.75) is 38.0 Å². The van der Waals surface area contributed by atoms with Gasteiger partial charge in [0.15, 0.2) is 0 Å². The lowest BCUT2D eigenvalue weighted by Crippen LogP contribution is -2.51. The predicted molar refractivity (Wildman–Crippen MR) is 99.9 cm³/mol. The van der Waals surface area contributed by atoms with Gasteiger partial charge in [-0.15, -0.1) is 0 Å². The molecule has 0 unspecified atom stereocenters. The van der Waals surface area contributed by atoms with E-state index in [1.807, 2.05) is 67.6 Å². The molecule has 2 aromatic carbocycles. The van der Waals surface area contributed by atoms with Crippen molar-refractivity contribution >= 4 is 12.1 Å². The summed E-state index contributed by atoms with van der Waals surface area (Å²) in [5, 5.41) is 2.96. The maximum atomic E-state index is 12.5. The second-order valence-electron chi connectivity index (χ2n) is 7.34. The van der Waals surface area contributed by atoms with Gasteiger partial charge in [-0.2, -0.15) is 0 Å². The molecule has 0 aromatic heterocycles. The van der Waals surface area contributed by atoms with Gasteiger partial charge in [0.2, 0.25) is 0 Å². The molecule has 5 heteroatoms. The zero-order valence-corrected chi connectivity index (χ0v) is 15.2. The molecule has 1 aliphatic heterocycles. The van der Waals surface area contributed by atoms with E-state index in [0.29, 0.717) is 6.42 Å². The first-order valence-electron chi connectivity index (χ1n) is 9.36. The van der Waals surface area contributed by atoms with Crippen molar-refractivity contribution in [1.82, 2.24) is 5.32 Å². The molecule has 1 saturated carbocycles. The Labute approximate surface area is 158 Å². The fourth-order valence-electron chi connectivity index (χ4n) is 4.30. The maximum absolute atomic E-state index is 12.5. The summed E-state index contributed by atoms with van der Waals surface area (Å²) in [6.45, 7) is 2.22. The molecule has 0 spiro atoms. The lowest BCUT2D eigenvalue weighted by Gasteiger charge is -2.37. The minimum absolute atomic E-state index is 0.0214. The third-order valence-electron chi connectivity index (χ3n) is 5.72. The van der Waals surface area contributed by atoms with Crippen molar-refractivity contribution in [2.75, 3.05) is 0 Å². The highest BCUT2D eigenvalue weighted by Gasteiger charge is 2.54. The lowest BCUT2D eigenvalue weighted by molar-refractivity contribution is -0.143. The zero-order valence-electron chi connectivity index (χ0n) is 15.2. The molecule has 4 rings (SSSR count). The van der Waals surface area contributed by atoms with E-state index >= 15 is 0 Å². The number of alkyl carbamates (subject to hydrolysis) is 1. The number of esters is 1. The number of fused-ring (bicyclic) bond motifs is 2. The van der Waals surface area contributed by atoms with Crippen molar-refractivity contribution < 1.29 is 19.1 Å².